The summed E-state index contributed by atoms with van der Waals surface area (Å²) in [6.07, 6.45) is 1.24. The van der Waals surface area contributed by atoms with Crippen molar-refractivity contribution in [1.29, 1.82) is 0 Å². The maximum absolute atomic E-state index is 5.31. The second kappa shape index (κ2) is 9.09. The Labute approximate surface area is 93.4 Å². The van der Waals surface area contributed by atoms with E-state index in [9.17, 15) is 0 Å². The van der Waals surface area contributed by atoms with Gasteiger partial charge in [0.25, 0.3) is 0 Å². The number of likely N-dealkylation sites (N-methyl/N-ethyl adjacent to an activating group) is 1. The third-order valence-corrected chi connectivity index (χ3v) is 2.66. The minimum absolute atomic E-state index is 0.911. The topological polar surface area (TPSA) is 36.5 Å². The van der Waals surface area contributed by atoms with Gasteiger partial charge in [-0.2, -0.15) is 0 Å². The normalized spacial score (nSPS) is 18.2. The first-order valence-electron chi connectivity index (χ1n) is 6.15. The Hall–Kier alpha value is -0.160. The largest absolute Gasteiger partial charge is 0.379 e. The number of nitrogens with one attached hydrogen (secondary N) is 2. The molecule has 0 spiro atoms. The molecule has 0 aliphatic carbocycles. The zero-order valence-electron chi connectivity index (χ0n) is 9.93. The molecule has 0 bridgehead atoms. The van der Waals surface area contributed by atoms with Gasteiger partial charge in [-0.25, -0.2) is 0 Å². The molecule has 1 rings (SSSR count). The molecule has 0 radical (unpaired) electrons. The van der Waals surface area contributed by atoms with Gasteiger partial charge in [0, 0.05) is 26.2 Å². The molecule has 4 heteroatoms. The molecule has 0 atom stereocenters. The maximum Gasteiger partial charge on any atom is 0.0594 e. The van der Waals surface area contributed by atoms with Crippen LogP contribution in [0.1, 0.15) is 13.3 Å². The van der Waals surface area contributed by atoms with Crippen LogP contribution in [0, 0.1) is 0 Å². The molecule has 0 aromatic rings. The average Bonchev–Trinajstić information content (AvgIpc) is 2.29. The highest BCUT2D eigenvalue weighted by molar-refractivity contribution is 4.62. The van der Waals surface area contributed by atoms with Crippen LogP contribution in [0.3, 0.4) is 0 Å². The second-order valence-electron chi connectivity index (χ2n) is 3.91. The lowest BCUT2D eigenvalue weighted by Gasteiger charge is -2.26. The van der Waals surface area contributed by atoms with E-state index in [2.05, 4.69) is 22.5 Å². The van der Waals surface area contributed by atoms with Crippen LogP contribution in [0.25, 0.3) is 0 Å². The first-order valence-corrected chi connectivity index (χ1v) is 6.15. The molecular weight excluding hydrogens is 190 g/mol. The minimum Gasteiger partial charge on any atom is -0.379 e. The van der Waals surface area contributed by atoms with Gasteiger partial charge >= 0.3 is 0 Å². The van der Waals surface area contributed by atoms with Gasteiger partial charge in [0.1, 0.15) is 0 Å². The number of morpholine rings is 1. The third kappa shape index (κ3) is 6.84. The molecule has 0 saturated carbocycles. The Balaban J connectivity index is 1.79. The van der Waals surface area contributed by atoms with E-state index in [1.807, 2.05) is 0 Å². The van der Waals surface area contributed by atoms with E-state index in [0.29, 0.717) is 0 Å². The van der Waals surface area contributed by atoms with Gasteiger partial charge in [-0.05, 0) is 26.1 Å². The first-order chi connectivity index (χ1) is 7.43. The Kier molecular flexibility index (Phi) is 7.83. The van der Waals surface area contributed by atoms with Crippen LogP contribution in [0.4, 0.5) is 0 Å². The van der Waals surface area contributed by atoms with Crippen LogP contribution >= 0.6 is 0 Å². The number of hydrogen-bond acceptors (Lipinski definition) is 4. The summed E-state index contributed by atoms with van der Waals surface area (Å²) in [6, 6.07) is 0. The van der Waals surface area contributed by atoms with Crippen molar-refractivity contribution in [2.45, 2.75) is 13.3 Å². The van der Waals surface area contributed by atoms with Crippen molar-refractivity contribution in [2.24, 2.45) is 0 Å². The Morgan fingerprint density at radius 1 is 1.07 bits per heavy atom. The van der Waals surface area contributed by atoms with Gasteiger partial charge in [0.15, 0.2) is 0 Å². The fourth-order valence-corrected chi connectivity index (χ4v) is 1.73. The van der Waals surface area contributed by atoms with Crippen molar-refractivity contribution < 1.29 is 4.74 Å². The van der Waals surface area contributed by atoms with Crippen LogP contribution in [-0.2, 0) is 4.74 Å². The van der Waals surface area contributed by atoms with Gasteiger partial charge in [0.2, 0.25) is 0 Å². The summed E-state index contributed by atoms with van der Waals surface area (Å²) in [6.45, 7) is 11.7. The van der Waals surface area contributed by atoms with Crippen LogP contribution in [0.15, 0.2) is 0 Å². The standard InChI is InChI=1S/C11H25N3O/c1-2-12-5-6-13-4-3-7-14-8-10-15-11-9-14/h12-13H,2-11H2,1H3. The molecule has 1 fully saturated rings. The van der Waals surface area contributed by atoms with E-state index < -0.39 is 0 Å². The minimum atomic E-state index is 0.911. The van der Waals surface area contributed by atoms with E-state index >= 15 is 0 Å². The van der Waals surface area contributed by atoms with Crippen molar-refractivity contribution >= 4 is 0 Å². The van der Waals surface area contributed by atoms with E-state index in [0.717, 1.165) is 52.5 Å². The molecule has 0 aromatic heterocycles. The molecule has 4 nitrogen and oxygen atoms in total. The lowest BCUT2D eigenvalue weighted by Crippen LogP contribution is -2.38. The van der Waals surface area contributed by atoms with Crippen molar-refractivity contribution in [2.75, 3.05) is 59.0 Å². The van der Waals surface area contributed by atoms with Gasteiger partial charge < -0.3 is 15.4 Å². The van der Waals surface area contributed by atoms with E-state index in [1.165, 1.54) is 13.0 Å². The molecule has 1 aliphatic heterocycles. The smallest absolute Gasteiger partial charge is 0.0594 e. The number of rotatable bonds is 8. The SMILES string of the molecule is CCNCCNCCCN1CCOCC1. The van der Waals surface area contributed by atoms with Gasteiger partial charge in [-0.1, -0.05) is 6.92 Å². The van der Waals surface area contributed by atoms with Gasteiger partial charge in [0.05, 0.1) is 13.2 Å². The van der Waals surface area contributed by atoms with Crippen molar-refractivity contribution in [3.8, 4) is 0 Å². The molecule has 2 N–H and O–H groups in total. The highest BCUT2D eigenvalue weighted by Gasteiger charge is 2.08. The number of nitrogens with zero attached hydrogens (tertiary/aromatic N) is 1. The predicted molar refractivity (Wildman–Crippen MR) is 63.3 cm³/mol. The van der Waals surface area contributed by atoms with E-state index in [-0.39, 0.29) is 0 Å². The molecule has 0 unspecified atom stereocenters. The highest BCUT2D eigenvalue weighted by Crippen LogP contribution is 1.96. The highest BCUT2D eigenvalue weighted by atomic mass is 16.5. The zero-order chi connectivity index (χ0) is 10.8. The lowest BCUT2D eigenvalue weighted by molar-refractivity contribution is 0.0375. The molecule has 15 heavy (non-hydrogen) atoms. The Morgan fingerprint density at radius 2 is 1.80 bits per heavy atom. The van der Waals surface area contributed by atoms with Crippen LogP contribution in [-0.4, -0.2) is 63.9 Å². The van der Waals surface area contributed by atoms with Crippen LogP contribution in [0.5, 0.6) is 0 Å². The average molecular weight is 215 g/mol. The van der Waals surface area contributed by atoms with Crippen LogP contribution < -0.4 is 10.6 Å². The lowest BCUT2D eigenvalue weighted by atomic mass is 10.3. The van der Waals surface area contributed by atoms with Crippen molar-refractivity contribution in [1.82, 2.24) is 15.5 Å². The molecule has 0 aromatic carbocycles. The zero-order valence-corrected chi connectivity index (χ0v) is 9.93. The second-order valence-corrected chi connectivity index (χ2v) is 3.91. The van der Waals surface area contributed by atoms with E-state index in [4.69, 9.17) is 4.74 Å². The number of ether oxygens (including phenoxy) is 1. The summed E-state index contributed by atoms with van der Waals surface area (Å²) < 4.78 is 5.31. The molecular formula is C11H25N3O. The first kappa shape index (κ1) is 12.9. The van der Waals surface area contributed by atoms with Crippen molar-refractivity contribution in [3.63, 3.8) is 0 Å². The molecule has 1 aliphatic rings. The number of hydrogen-bond donors (Lipinski definition) is 2. The summed E-state index contributed by atoms with van der Waals surface area (Å²) in [5.74, 6) is 0. The summed E-state index contributed by atoms with van der Waals surface area (Å²) in [7, 11) is 0. The quantitative estimate of drug-likeness (QED) is 0.555. The summed E-state index contributed by atoms with van der Waals surface area (Å²) in [5, 5.41) is 6.74. The molecule has 1 heterocycles. The summed E-state index contributed by atoms with van der Waals surface area (Å²) in [4.78, 5) is 2.48. The monoisotopic (exact) mass is 215 g/mol. The Morgan fingerprint density at radius 3 is 2.53 bits per heavy atom. The third-order valence-electron chi connectivity index (χ3n) is 2.66. The molecule has 0 amide bonds. The summed E-state index contributed by atoms with van der Waals surface area (Å²) >= 11 is 0. The fourth-order valence-electron chi connectivity index (χ4n) is 1.73. The molecule has 1 saturated heterocycles. The van der Waals surface area contributed by atoms with Crippen LogP contribution in [0.2, 0.25) is 0 Å². The summed E-state index contributed by atoms with van der Waals surface area (Å²) in [5.41, 5.74) is 0. The predicted octanol–water partition coefficient (Wildman–Crippen LogP) is -0.0922. The van der Waals surface area contributed by atoms with Crippen molar-refractivity contribution in [3.05, 3.63) is 0 Å². The van der Waals surface area contributed by atoms with Gasteiger partial charge in [-0.3, -0.25) is 4.90 Å². The van der Waals surface area contributed by atoms with Gasteiger partial charge in [-0.15, -0.1) is 0 Å². The molecule has 90 valence electrons. The Bertz CT molecular complexity index is 138. The fraction of sp³-hybridized carbons (Fsp3) is 1.00. The maximum atomic E-state index is 5.31. The van der Waals surface area contributed by atoms with E-state index in [1.54, 1.807) is 0 Å².